The van der Waals surface area contributed by atoms with Gasteiger partial charge in [0.25, 0.3) is 0 Å². The molecule has 0 aliphatic carbocycles. The largest absolute Gasteiger partial charge is 0.496 e. The average Bonchev–Trinajstić information content (AvgIpc) is 2.87. The summed E-state index contributed by atoms with van der Waals surface area (Å²) in [6, 6.07) is 31.5. The summed E-state index contributed by atoms with van der Waals surface area (Å²) in [5.41, 5.74) is 5.74. The van der Waals surface area contributed by atoms with Gasteiger partial charge in [-0.1, -0.05) is 60.1 Å². The quantitative estimate of drug-likeness (QED) is 0.309. The average molecular weight is 455 g/mol. The molecule has 0 spiro atoms. The van der Waals surface area contributed by atoms with Gasteiger partial charge in [-0.3, -0.25) is 0 Å². The van der Waals surface area contributed by atoms with Crippen LogP contribution in [0.3, 0.4) is 0 Å². The summed E-state index contributed by atoms with van der Waals surface area (Å²) >= 11 is 6.46. The number of hydrogen-bond acceptors (Lipinski definition) is 4. The van der Waals surface area contributed by atoms with Crippen molar-refractivity contribution in [2.24, 2.45) is 0 Å². The molecule has 5 heteroatoms. The second-order valence-electron chi connectivity index (χ2n) is 7.49. The molecule has 0 radical (unpaired) electrons. The number of anilines is 1. The first-order valence-corrected chi connectivity index (χ1v) is 10.9. The van der Waals surface area contributed by atoms with Crippen LogP contribution < -0.4 is 14.8 Å². The minimum atomic E-state index is 0.339. The van der Waals surface area contributed by atoms with E-state index >= 15 is 0 Å². The zero-order valence-corrected chi connectivity index (χ0v) is 19.0. The van der Waals surface area contributed by atoms with Gasteiger partial charge in [-0.2, -0.15) is 5.26 Å². The number of benzene rings is 4. The van der Waals surface area contributed by atoms with Crippen LogP contribution >= 0.6 is 11.6 Å². The van der Waals surface area contributed by atoms with E-state index in [1.807, 2.05) is 54.6 Å². The fourth-order valence-corrected chi connectivity index (χ4v) is 3.78. The van der Waals surface area contributed by atoms with Crippen LogP contribution in [0.4, 0.5) is 5.69 Å². The van der Waals surface area contributed by atoms with Crippen LogP contribution in [0.5, 0.6) is 11.5 Å². The van der Waals surface area contributed by atoms with E-state index in [0.29, 0.717) is 29.5 Å². The summed E-state index contributed by atoms with van der Waals surface area (Å²) in [5.74, 6) is 1.42. The molecule has 0 saturated carbocycles. The highest BCUT2D eigenvalue weighted by Gasteiger charge is 2.08. The molecule has 4 aromatic carbocycles. The van der Waals surface area contributed by atoms with Crippen molar-refractivity contribution in [3.05, 3.63) is 113 Å². The Labute approximate surface area is 199 Å². The van der Waals surface area contributed by atoms with Gasteiger partial charge >= 0.3 is 0 Å². The second kappa shape index (κ2) is 10.6. The third kappa shape index (κ3) is 5.65. The van der Waals surface area contributed by atoms with E-state index in [-0.39, 0.29) is 0 Å². The minimum Gasteiger partial charge on any atom is -0.496 e. The lowest BCUT2D eigenvalue weighted by Crippen LogP contribution is -2.03. The van der Waals surface area contributed by atoms with E-state index in [2.05, 4.69) is 35.7 Å². The number of rotatable bonds is 8. The summed E-state index contributed by atoms with van der Waals surface area (Å²) in [6.07, 6.45) is 0. The number of ether oxygens (including phenoxy) is 2. The van der Waals surface area contributed by atoms with Gasteiger partial charge in [0.2, 0.25) is 0 Å². The molecular weight excluding hydrogens is 432 g/mol. The second-order valence-corrected chi connectivity index (χ2v) is 7.90. The van der Waals surface area contributed by atoms with Crippen LogP contribution in [0, 0.1) is 11.3 Å². The summed E-state index contributed by atoms with van der Waals surface area (Å²) in [5, 5.41) is 13.0. The lowest BCUT2D eigenvalue weighted by Gasteiger charge is -2.14. The Morgan fingerprint density at radius 2 is 1.67 bits per heavy atom. The zero-order valence-electron chi connectivity index (χ0n) is 18.2. The molecule has 4 rings (SSSR count). The molecule has 0 fully saturated rings. The summed E-state index contributed by atoms with van der Waals surface area (Å²) in [7, 11) is 1.68. The molecule has 0 aliphatic rings. The standard InChI is InChI=1S/C28H23ClN2O2/c1-32-27-12-10-23(22-8-3-2-4-9-22)15-24(27)18-31-25-11-13-28(26(29)16-25)33-19-21-7-5-6-20(14-21)17-30/h2-16,31H,18-19H2,1H3. The van der Waals surface area contributed by atoms with E-state index in [1.165, 1.54) is 0 Å². The number of nitrogens with one attached hydrogen (secondary N) is 1. The molecular formula is C28H23ClN2O2. The maximum atomic E-state index is 9.03. The molecule has 0 atom stereocenters. The van der Waals surface area contributed by atoms with Gasteiger partial charge in [0.15, 0.2) is 0 Å². The molecule has 0 saturated heterocycles. The monoisotopic (exact) mass is 454 g/mol. The Morgan fingerprint density at radius 1 is 0.848 bits per heavy atom. The molecule has 33 heavy (non-hydrogen) atoms. The molecule has 0 bridgehead atoms. The first-order chi connectivity index (χ1) is 16.2. The maximum Gasteiger partial charge on any atom is 0.138 e. The topological polar surface area (TPSA) is 54.3 Å². The van der Waals surface area contributed by atoms with Crippen molar-refractivity contribution >= 4 is 17.3 Å². The highest BCUT2D eigenvalue weighted by Crippen LogP contribution is 2.30. The van der Waals surface area contributed by atoms with Gasteiger partial charge in [-0.15, -0.1) is 0 Å². The number of hydrogen-bond donors (Lipinski definition) is 1. The third-order valence-corrected chi connectivity index (χ3v) is 5.55. The third-order valence-electron chi connectivity index (χ3n) is 5.25. The molecule has 164 valence electrons. The van der Waals surface area contributed by atoms with Crippen LogP contribution in [-0.4, -0.2) is 7.11 Å². The molecule has 1 N–H and O–H groups in total. The molecule has 0 amide bonds. The Morgan fingerprint density at radius 3 is 2.42 bits per heavy atom. The van der Waals surface area contributed by atoms with Gasteiger partial charge in [0, 0.05) is 17.8 Å². The SMILES string of the molecule is COc1ccc(-c2ccccc2)cc1CNc1ccc(OCc2cccc(C#N)c2)c(Cl)c1. The van der Waals surface area contributed by atoms with Crippen LogP contribution in [0.1, 0.15) is 16.7 Å². The Kier molecular flexibility index (Phi) is 7.14. The lowest BCUT2D eigenvalue weighted by atomic mass is 10.0. The van der Waals surface area contributed by atoms with Crippen molar-refractivity contribution in [2.45, 2.75) is 13.2 Å². The Bertz CT molecular complexity index is 1280. The van der Waals surface area contributed by atoms with Crippen molar-refractivity contribution in [2.75, 3.05) is 12.4 Å². The van der Waals surface area contributed by atoms with Gasteiger partial charge in [0.1, 0.15) is 18.1 Å². The Balaban J connectivity index is 1.43. The van der Waals surface area contributed by atoms with E-state index in [9.17, 15) is 0 Å². The van der Waals surface area contributed by atoms with E-state index in [1.54, 1.807) is 19.2 Å². The normalized spacial score (nSPS) is 10.3. The predicted octanol–water partition coefficient (Wildman–Crippen LogP) is 7.08. The van der Waals surface area contributed by atoms with Crippen LogP contribution in [0.2, 0.25) is 5.02 Å². The van der Waals surface area contributed by atoms with Gasteiger partial charge < -0.3 is 14.8 Å². The zero-order chi connectivity index (χ0) is 23.0. The fourth-order valence-electron chi connectivity index (χ4n) is 3.54. The van der Waals surface area contributed by atoms with Crippen molar-refractivity contribution in [3.8, 4) is 28.7 Å². The first kappa shape index (κ1) is 22.3. The summed E-state index contributed by atoms with van der Waals surface area (Å²) in [6.45, 7) is 0.923. The van der Waals surface area contributed by atoms with Crippen molar-refractivity contribution in [3.63, 3.8) is 0 Å². The van der Waals surface area contributed by atoms with E-state index < -0.39 is 0 Å². The number of halogens is 1. The molecule has 0 unspecified atom stereocenters. The predicted molar refractivity (Wildman–Crippen MR) is 133 cm³/mol. The Hall–Kier alpha value is -3.94. The molecule has 0 aliphatic heterocycles. The first-order valence-electron chi connectivity index (χ1n) is 10.5. The van der Waals surface area contributed by atoms with Crippen molar-refractivity contribution in [1.29, 1.82) is 5.26 Å². The smallest absolute Gasteiger partial charge is 0.138 e. The van der Waals surface area contributed by atoms with Crippen LogP contribution in [0.15, 0.2) is 91.0 Å². The van der Waals surface area contributed by atoms with E-state index in [4.69, 9.17) is 26.3 Å². The molecule has 4 aromatic rings. The maximum absolute atomic E-state index is 9.03. The summed E-state index contributed by atoms with van der Waals surface area (Å²) < 4.78 is 11.4. The molecule has 0 aromatic heterocycles. The highest BCUT2D eigenvalue weighted by atomic mass is 35.5. The van der Waals surface area contributed by atoms with Gasteiger partial charge in [-0.25, -0.2) is 0 Å². The highest BCUT2D eigenvalue weighted by molar-refractivity contribution is 6.32. The van der Waals surface area contributed by atoms with Crippen LogP contribution in [0.25, 0.3) is 11.1 Å². The number of nitriles is 1. The van der Waals surface area contributed by atoms with Gasteiger partial charge in [0.05, 0.1) is 23.8 Å². The van der Waals surface area contributed by atoms with Gasteiger partial charge in [-0.05, 0) is 59.2 Å². The number of methoxy groups -OCH3 is 1. The molecule has 0 heterocycles. The molecule has 4 nitrogen and oxygen atoms in total. The van der Waals surface area contributed by atoms with Crippen LogP contribution in [-0.2, 0) is 13.2 Å². The van der Waals surface area contributed by atoms with E-state index in [0.717, 1.165) is 33.7 Å². The fraction of sp³-hybridized carbons (Fsp3) is 0.107. The number of nitrogens with zero attached hydrogens (tertiary/aromatic N) is 1. The summed E-state index contributed by atoms with van der Waals surface area (Å²) in [4.78, 5) is 0. The lowest BCUT2D eigenvalue weighted by molar-refractivity contribution is 0.306. The minimum absolute atomic E-state index is 0.339. The van der Waals surface area contributed by atoms with Crippen molar-refractivity contribution < 1.29 is 9.47 Å². The van der Waals surface area contributed by atoms with Crippen molar-refractivity contribution in [1.82, 2.24) is 0 Å².